The van der Waals surface area contributed by atoms with Crippen LogP contribution >= 0.6 is 0 Å². The van der Waals surface area contributed by atoms with E-state index in [1.807, 2.05) is 37.4 Å². The van der Waals surface area contributed by atoms with Gasteiger partial charge in [-0.2, -0.15) is 0 Å². The fourth-order valence-electron chi connectivity index (χ4n) is 0.605. The van der Waals surface area contributed by atoms with E-state index >= 15 is 0 Å². The first-order valence-electron chi connectivity index (χ1n) is 2.66. The van der Waals surface area contributed by atoms with Gasteiger partial charge < -0.3 is 5.32 Å². The van der Waals surface area contributed by atoms with Crippen LogP contribution in [0.2, 0.25) is 0 Å². The number of benzene rings is 1. The van der Waals surface area contributed by atoms with Gasteiger partial charge in [-0.3, -0.25) is 0 Å². The molecule has 1 aromatic rings. The molecule has 0 unspecified atom stereocenters. The summed E-state index contributed by atoms with van der Waals surface area (Å²) in [6.45, 7) is 0. The number of anilines is 1. The Balaban J connectivity index is 2.83. The van der Waals surface area contributed by atoms with Crippen LogP contribution < -0.4 is 5.32 Å². The van der Waals surface area contributed by atoms with Crippen molar-refractivity contribution in [3.8, 4) is 0 Å². The Labute approximate surface area is 49.3 Å². The van der Waals surface area contributed by atoms with Gasteiger partial charge in [-0.15, -0.1) is 0 Å². The monoisotopic (exact) mass is 106 g/mol. The molecule has 0 saturated heterocycles. The lowest BCUT2D eigenvalue weighted by molar-refractivity contribution is 1.51. The molecule has 0 aliphatic heterocycles. The van der Waals surface area contributed by atoms with Crippen molar-refractivity contribution < 1.29 is 0 Å². The summed E-state index contributed by atoms with van der Waals surface area (Å²) >= 11 is 0. The molecule has 0 saturated carbocycles. The van der Waals surface area contributed by atoms with Gasteiger partial charge in [-0.25, -0.2) is 0 Å². The molecule has 0 aliphatic rings. The Morgan fingerprint density at radius 2 is 1.75 bits per heavy atom. The molecule has 1 aromatic carbocycles. The standard InChI is InChI=1S/C7H9N/c1-8-7-5-3-2-4-6-7/h2-6,8H,1H3/i1-1. The molecule has 0 spiro atoms. The minimum Gasteiger partial charge on any atom is -0.388 e. The van der Waals surface area contributed by atoms with Gasteiger partial charge in [0, 0.05) is 12.7 Å². The molecule has 0 bridgehead atoms. The Bertz CT molecular complexity index is 146. The van der Waals surface area contributed by atoms with Crippen LogP contribution in [0.1, 0.15) is 0 Å². The summed E-state index contributed by atoms with van der Waals surface area (Å²) < 4.78 is 0. The maximum absolute atomic E-state index is 3.03. The molecule has 1 nitrogen and oxygen atoms in total. The van der Waals surface area contributed by atoms with Crippen molar-refractivity contribution in [2.24, 2.45) is 0 Å². The first kappa shape index (κ1) is 5.16. The van der Waals surface area contributed by atoms with Crippen molar-refractivity contribution in [2.75, 3.05) is 12.4 Å². The van der Waals surface area contributed by atoms with Crippen LogP contribution in [0, 0.1) is 0 Å². The average Bonchev–Trinajstić information content (AvgIpc) is 1.90. The number of para-hydroxylation sites is 1. The van der Waals surface area contributed by atoms with E-state index in [0.717, 1.165) is 5.69 Å². The molecule has 1 N–H and O–H groups in total. The SMILES string of the molecule is [11CH3]Nc1ccccc1. The molecular weight excluding hydrogens is 97.1 g/mol. The van der Waals surface area contributed by atoms with Gasteiger partial charge in [-0.05, 0) is 12.1 Å². The van der Waals surface area contributed by atoms with E-state index in [0.29, 0.717) is 0 Å². The van der Waals surface area contributed by atoms with Crippen LogP contribution in [0.15, 0.2) is 30.3 Å². The Hall–Kier alpha value is -0.980. The van der Waals surface area contributed by atoms with Crippen LogP contribution in [0.5, 0.6) is 0 Å². The number of nitrogens with one attached hydrogen (secondary N) is 1. The fourth-order valence-corrected chi connectivity index (χ4v) is 0.605. The first-order valence-corrected chi connectivity index (χ1v) is 2.66. The number of rotatable bonds is 1. The highest BCUT2D eigenvalue weighted by Gasteiger charge is 1.77. The van der Waals surface area contributed by atoms with Gasteiger partial charge in [-0.1, -0.05) is 18.2 Å². The molecule has 0 radical (unpaired) electrons. The van der Waals surface area contributed by atoms with Crippen LogP contribution in [-0.4, -0.2) is 7.05 Å². The second-order valence-corrected chi connectivity index (χ2v) is 1.62. The zero-order valence-corrected chi connectivity index (χ0v) is 4.89. The van der Waals surface area contributed by atoms with Crippen molar-refractivity contribution >= 4 is 5.69 Å². The zero-order chi connectivity index (χ0) is 5.82. The normalized spacial score (nSPS) is 8.62. The summed E-state index contributed by atoms with van der Waals surface area (Å²) in [5.74, 6) is 0. The molecule has 8 heavy (non-hydrogen) atoms. The van der Waals surface area contributed by atoms with E-state index < -0.39 is 0 Å². The van der Waals surface area contributed by atoms with E-state index in [1.54, 1.807) is 0 Å². The highest BCUT2D eigenvalue weighted by molar-refractivity contribution is 5.41. The third-order valence-corrected chi connectivity index (χ3v) is 1.06. The molecule has 1 rings (SSSR count). The zero-order valence-electron chi connectivity index (χ0n) is 4.89. The summed E-state index contributed by atoms with van der Waals surface area (Å²) in [4.78, 5) is 0. The topological polar surface area (TPSA) is 12.0 Å². The van der Waals surface area contributed by atoms with E-state index in [4.69, 9.17) is 0 Å². The third-order valence-electron chi connectivity index (χ3n) is 1.06. The highest BCUT2D eigenvalue weighted by Crippen LogP contribution is 2.01. The summed E-state index contributed by atoms with van der Waals surface area (Å²) in [7, 11) is 1.91. The predicted octanol–water partition coefficient (Wildman–Crippen LogP) is 1.73. The summed E-state index contributed by atoms with van der Waals surface area (Å²) in [6.07, 6.45) is 0. The van der Waals surface area contributed by atoms with E-state index in [2.05, 4.69) is 5.32 Å². The molecule has 0 aromatic heterocycles. The number of hydrogen-bond donors (Lipinski definition) is 1. The van der Waals surface area contributed by atoms with Gasteiger partial charge in [0.05, 0.1) is 0 Å². The summed E-state index contributed by atoms with van der Waals surface area (Å²) in [5.41, 5.74) is 1.16. The largest absolute Gasteiger partial charge is 0.388 e. The fraction of sp³-hybridized carbons (Fsp3) is 0.143. The van der Waals surface area contributed by atoms with Crippen LogP contribution in [0.4, 0.5) is 5.69 Å². The van der Waals surface area contributed by atoms with Gasteiger partial charge in [0.25, 0.3) is 0 Å². The highest BCUT2D eigenvalue weighted by atomic mass is 14.7. The maximum atomic E-state index is 3.03. The molecule has 0 atom stereocenters. The van der Waals surface area contributed by atoms with Gasteiger partial charge >= 0.3 is 0 Å². The maximum Gasteiger partial charge on any atom is 0.0337 e. The molecule has 0 amide bonds. The minimum atomic E-state index is 1.16. The third kappa shape index (κ3) is 0.997. The van der Waals surface area contributed by atoms with Crippen LogP contribution in [0.3, 0.4) is 0 Å². The van der Waals surface area contributed by atoms with E-state index in [-0.39, 0.29) is 0 Å². The van der Waals surface area contributed by atoms with Gasteiger partial charge in [0.2, 0.25) is 0 Å². The molecular formula is C7H9N. The van der Waals surface area contributed by atoms with Crippen molar-refractivity contribution in [2.45, 2.75) is 0 Å². The minimum absolute atomic E-state index is 1.16. The Morgan fingerprint density at radius 1 is 1.12 bits per heavy atom. The Kier molecular flexibility index (Phi) is 1.52. The van der Waals surface area contributed by atoms with Crippen molar-refractivity contribution in [1.82, 2.24) is 0 Å². The number of hydrogen-bond acceptors (Lipinski definition) is 1. The van der Waals surface area contributed by atoms with Crippen LogP contribution in [-0.2, 0) is 0 Å². The van der Waals surface area contributed by atoms with Crippen LogP contribution in [0.25, 0.3) is 0 Å². The van der Waals surface area contributed by atoms with Crippen molar-refractivity contribution in [3.63, 3.8) is 0 Å². The van der Waals surface area contributed by atoms with Crippen molar-refractivity contribution in [1.29, 1.82) is 0 Å². The molecule has 1 heteroatoms. The molecule has 0 fully saturated rings. The summed E-state index contributed by atoms with van der Waals surface area (Å²) in [6, 6.07) is 10.1. The lowest BCUT2D eigenvalue weighted by Gasteiger charge is -1.94. The lowest BCUT2D eigenvalue weighted by Crippen LogP contribution is -1.84. The van der Waals surface area contributed by atoms with Gasteiger partial charge in [0.15, 0.2) is 0 Å². The molecule has 0 aliphatic carbocycles. The quantitative estimate of drug-likeness (QED) is 0.575. The van der Waals surface area contributed by atoms with Crippen molar-refractivity contribution in [3.05, 3.63) is 30.3 Å². The van der Waals surface area contributed by atoms with E-state index in [1.165, 1.54) is 0 Å². The molecule has 0 heterocycles. The Morgan fingerprint density at radius 3 is 2.12 bits per heavy atom. The second-order valence-electron chi connectivity index (χ2n) is 1.62. The second kappa shape index (κ2) is 2.36. The smallest absolute Gasteiger partial charge is 0.0337 e. The van der Waals surface area contributed by atoms with Gasteiger partial charge in [0.1, 0.15) is 0 Å². The predicted molar refractivity (Wildman–Crippen MR) is 36.0 cm³/mol. The lowest BCUT2D eigenvalue weighted by atomic mass is 10.3. The molecule has 42 valence electrons. The first-order chi connectivity index (χ1) is 3.93. The summed E-state index contributed by atoms with van der Waals surface area (Å²) in [5, 5.41) is 3.03. The van der Waals surface area contributed by atoms with E-state index in [9.17, 15) is 0 Å². The average molecular weight is 106 g/mol.